The van der Waals surface area contributed by atoms with Crippen LogP contribution in [0.15, 0.2) is 65.5 Å². The van der Waals surface area contributed by atoms with Crippen LogP contribution in [0.1, 0.15) is 30.8 Å². The molecule has 4 rings (SSSR count). The normalized spacial score (nSPS) is 12.2. The van der Waals surface area contributed by atoms with E-state index in [4.69, 9.17) is 9.72 Å². The zero-order valence-corrected chi connectivity index (χ0v) is 17.3. The van der Waals surface area contributed by atoms with E-state index in [0.29, 0.717) is 23.8 Å². The molecule has 0 radical (unpaired) electrons. The fourth-order valence-electron chi connectivity index (χ4n) is 3.46. The SMILES string of the molecule is CC[C@H]([NH2+]Cc1nc2sc(-c3ccccc3)cc2c(=O)[nH]1)c1ccc(OC)cc1. The highest BCUT2D eigenvalue weighted by Gasteiger charge is 2.15. The number of aromatic amines is 1. The Morgan fingerprint density at radius 3 is 2.59 bits per heavy atom. The molecule has 29 heavy (non-hydrogen) atoms. The van der Waals surface area contributed by atoms with Gasteiger partial charge in [0.25, 0.3) is 5.56 Å². The number of methoxy groups -OCH3 is 1. The number of quaternary nitrogens is 1. The molecular weight excluding hydrogens is 382 g/mol. The summed E-state index contributed by atoms with van der Waals surface area (Å²) in [5, 5.41) is 2.87. The summed E-state index contributed by atoms with van der Waals surface area (Å²) in [5.41, 5.74) is 2.27. The Hall–Kier alpha value is -2.96. The van der Waals surface area contributed by atoms with Crippen LogP contribution in [0.4, 0.5) is 0 Å². The molecule has 0 saturated heterocycles. The van der Waals surface area contributed by atoms with Gasteiger partial charge in [0.1, 0.15) is 23.2 Å². The molecule has 0 amide bonds. The second-order valence-corrected chi connectivity index (χ2v) is 7.97. The summed E-state index contributed by atoms with van der Waals surface area (Å²) in [6, 6.07) is 20.5. The van der Waals surface area contributed by atoms with Crippen LogP contribution in [0.2, 0.25) is 0 Å². The molecule has 5 nitrogen and oxygen atoms in total. The topological polar surface area (TPSA) is 71.6 Å². The van der Waals surface area contributed by atoms with Crippen molar-refractivity contribution in [1.29, 1.82) is 0 Å². The molecule has 0 aliphatic rings. The lowest BCUT2D eigenvalue weighted by Gasteiger charge is -2.14. The molecule has 4 aromatic rings. The fraction of sp³-hybridized carbons (Fsp3) is 0.217. The highest BCUT2D eigenvalue weighted by molar-refractivity contribution is 7.21. The van der Waals surface area contributed by atoms with Crippen LogP contribution in [0.25, 0.3) is 20.7 Å². The van der Waals surface area contributed by atoms with Crippen molar-refractivity contribution >= 4 is 21.6 Å². The largest absolute Gasteiger partial charge is 0.497 e. The molecule has 6 heteroatoms. The number of hydrogen-bond acceptors (Lipinski definition) is 4. The molecule has 3 N–H and O–H groups in total. The van der Waals surface area contributed by atoms with Crippen LogP contribution < -0.4 is 15.6 Å². The lowest BCUT2D eigenvalue weighted by atomic mass is 10.0. The van der Waals surface area contributed by atoms with Gasteiger partial charge in [-0.05, 0) is 35.9 Å². The van der Waals surface area contributed by atoms with E-state index in [9.17, 15) is 4.79 Å². The van der Waals surface area contributed by atoms with Gasteiger partial charge in [-0.25, -0.2) is 4.98 Å². The summed E-state index contributed by atoms with van der Waals surface area (Å²) in [7, 11) is 1.67. The van der Waals surface area contributed by atoms with Crippen molar-refractivity contribution in [3.63, 3.8) is 0 Å². The second kappa shape index (κ2) is 8.59. The van der Waals surface area contributed by atoms with Gasteiger partial charge >= 0.3 is 0 Å². The quantitative estimate of drug-likeness (QED) is 0.489. The number of hydrogen-bond donors (Lipinski definition) is 2. The first-order valence-electron chi connectivity index (χ1n) is 9.73. The van der Waals surface area contributed by atoms with Gasteiger partial charge in [0.05, 0.1) is 12.5 Å². The molecule has 148 valence electrons. The number of H-pyrrole nitrogens is 1. The minimum absolute atomic E-state index is 0.0747. The molecule has 0 aliphatic carbocycles. The Morgan fingerprint density at radius 2 is 1.90 bits per heavy atom. The van der Waals surface area contributed by atoms with Crippen LogP contribution in [0, 0.1) is 0 Å². The first kappa shape index (κ1) is 19.4. The van der Waals surface area contributed by atoms with Gasteiger partial charge in [0.2, 0.25) is 0 Å². The maximum absolute atomic E-state index is 12.6. The Balaban J connectivity index is 1.55. The maximum Gasteiger partial charge on any atom is 0.259 e. The highest BCUT2D eigenvalue weighted by Crippen LogP contribution is 2.30. The van der Waals surface area contributed by atoms with Gasteiger partial charge in [0, 0.05) is 16.9 Å². The predicted octanol–water partition coefficient (Wildman–Crippen LogP) is 3.87. The molecule has 0 saturated carbocycles. The third kappa shape index (κ3) is 4.23. The van der Waals surface area contributed by atoms with E-state index in [-0.39, 0.29) is 5.56 Å². The van der Waals surface area contributed by atoms with Crippen LogP contribution >= 0.6 is 11.3 Å². The van der Waals surface area contributed by atoms with Gasteiger partial charge in [0.15, 0.2) is 5.82 Å². The Kier molecular flexibility index (Phi) is 5.74. The van der Waals surface area contributed by atoms with Crippen molar-refractivity contribution in [2.45, 2.75) is 25.9 Å². The summed E-state index contributed by atoms with van der Waals surface area (Å²) in [6.07, 6.45) is 0.982. The third-order valence-electron chi connectivity index (χ3n) is 5.09. The Morgan fingerprint density at radius 1 is 1.14 bits per heavy atom. The average molecular weight is 407 g/mol. The van der Waals surface area contributed by atoms with E-state index in [1.807, 2.05) is 48.5 Å². The minimum atomic E-state index is -0.0747. The number of thiophene rings is 1. The van der Waals surface area contributed by atoms with Gasteiger partial charge in [-0.1, -0.05) is 37.3 Å². The van der Waals surface area contributed by atoms with Crippen LogP contribution in [-0.2, 0) is 6.54 Å². The van der Waals surface area contributed by atoms with Gasteiger partial charge in [-0.2, -0.15) is 0 Å². The molecule has 2 aromatic carbocycles. The molecule has 0 unspecified atom stereocenters. The molecule has 0 bridgehead atoms. The van der Waals surface area contributed by atoms with E-state index >= 15 is 0 Å². The molecule has 0 spiro atoms. The Bertz CT molecular complexity index is 1150. The molecular formula is C23H24N3O2S+. The standard InChI is InChI=1S/C23H23N3O2S/c1-3-19(15-9-11-17(28-2)12-10-15)24-14-21-25-22(27)18-13-20(29-23(18)26-21)16-7-5-4-6-8-16/h4-13,19,24H,3,14H2,1-2H3,(H,25,26,27)/p+1/t19-/m0/s1. The van der Waals surface area contributed by atoms with Crippen molar-refractivity contribution in [3.05, 3.63) is 82.4 Å². The lowest BCUT2D eigenvalue weighted by Crippen LogP contribution is -2.83. The van der Waals surface area contributed by atoms with E-state index in [2.05, 4.69) is 29.4 Å². The molecule has 2 heterocycles. The smallest absolute Gasteiger partial charge is 0.259 e. The van der Waals surface area contributed by atoms with Gasteiger partial charge < -0.3 is 15.0 Å². The average Bonchev–Trinajstić information content (AvgIpc) is 3.20. The van der Waals surface area contributed by atoms with Crippen molar-refractivity contribution < 1.29 is 10.1 Å². The first-order chi connectivity index (χ1) is 14.2. The maximum atomic E-state index is 12.6. The van der Waals surface area contributed by atoms with Crippen molar-refractivity contribution in [2.24, 2.45) is 0 Å². The monoisotopic (exact) mass is 406 g/mol. The fourth-order valence-corrected chi connectivity index (χ4v) is 4.52. The van der Waals surface area contributed by atoms with E-state index < -0.39 is 0 Å². The number of benzene rings is 2. The summed E-state index contributed by atoms with van der Waals surface area (Å²) in [6.45, 7) is 2.78. The zero-order chi connectivity index (χ0) is 20.2. The highest BCUT2D eigenvalue weighted by atomic mass is 32.1. The van der Waals surface area contributed by atoms with Gasteiger partial charge in [-0.3, -0.25) is 4.79 Å². The number of ether oxygens (including phenoxy) is 1. The van der Waals surface area contributed by atoms with Crippen LogP contribution in [-0.4, -0.2) is 17.1 Å². The van der Waals surface area contributed by atoms with E-state index in [1.165, 1.54) is 5.56 Å². The summed E-state index contributed by atoms with van der Waals surface area (Å²) < 4.78 is 5.24. The number of nitrogens with two attached hydrogens (primary N) is 1. The second-order valence-electron chi connectivity index (χ2n) is 6.94. The minimum Gasteiger partial charge on any atom is -0.497 e. The lowest BCUT2D eigenvalue weighted by molar-refractivity contribution is -0.712. The molecule has 1 atom stereocenters. The molecule has 0 aliphatic heterocycles. The first-order valence-corrected chi connectivity index (χ1v) is 10.5. The van der Waals surface area contributed by atoms with Crippen molar-refractivity contribution in [1.82, 2.24) is 9.97 Å². The van der Waals surface area contributed by atoms with Gasteiger partial charge in [-0.15, -0.1) is 11.3 Å². The number of nitrogens with one attached hydrogen (secondary N) is 1. The number of rotatable bonds is 7. The van der Waals surface area contributed by atoms with Crippen LogP contribution in [0.3, 0.4) is 0 Å². The van der Waals surface area contributed by atoms with Crippen molar-refractivity contribution in [3.8, 4) is 16.2 Å². The number of nitrogens with zero attached hydrogens (tertiary/aromatic N) is 1. The van der Waals surface area contributed by atoms with E-state index in [0.717, 1.165) is 27.4 Å². The summed E-state index contributed by atoms with van der Waals surface area (Å²) >= 11 is 1.56. The van der Waals surface area contributed by atoms with Crippen LogP contribution in [0.5, 0.6) is 5.75 Å². The number of fused-ring (bicyclic) bond motifs is 1. The molecule has 2 aromatic heterocycles. The number of aromatic nitrogens is 2. The predicted molar refractivity (Wildman–Crippen MR) is 117 cm³/mol. The third-order valence-corrected chi connectivity index (χ3v) is 6.17. The van der Waals surface area contributed by atoms with Crippen molar-refractivity contribution in [2.75, 3.05) is 7.11 Å². The molecule has 0 fully saturated rings. The van der Waals surface area contributed by atoms with E-state index in [1.54, 1.807) is 18.4 Å². The zero-order valence-electron chi connectivity index (χ0n) is 16.5. The summed E-state index contributed by atoms with van der Waals surface area (Å²) in [5.74, 6) is 1.56. The summed E-state index contributed by atoms with van der Waals surface area (Å²) in [4.78, 5) is 22.1. The Labute approximate surface area is 173 Å².